The second-order valence-corrected chi connectivity index (χ2v) is 6.65. The summed E-state index contributed by atoms with van der Waals surface area (Å²) in [6.07, 6.45) is 6.06. The molecule has 2 heterocycles. The van der Waals surface area contributed by atoms with Crippen molar-refractivity contribution in [2.75, 3.05) is 0 Å². The molecule has 1 fully saturated rings. The summed E-state index contributed by atoms with van der Waals surface area (Å²) in [5, 5.41) is 5.49. The van der Waals surface area contributed by atoms with Crippen molar-refractivity contribution in [1.29, 1.82) is 0 Å². The van der Waals surface area contributed by atoms with Gasteiger partial charge in [-0.1, -0.05) is 19.8 Å². The number of hydrogen-bond donors (Lipinski definition) is 1. The van der Waals surface area contributed by atoms with Crippen LogP contribution < -0.4 is 10.9 Å². The van der Waals surface area contributed by atoms with Gasteiger partial charge < -0.3 is 5.32 Å². The van der Waals surface area contributed by atoms with Gasteiger partial charge in [-0.15, -0.1) is 11.3 Å². The third-order valence-corrected chi connectivity index (χ3v) is 5.04. The predicted octanol–water partition coefficient (Wildman–Crippen LogP) is 2.15. The molecule has 0 aliphatic heterocycles. The summed E-state index contributed by atoms with van der Waals surface area (Å²) in [5.41, 5.74) is -0.145. The van der Waals surface area contributed by atoms with Crippen LogP contribution in [0.2, 0.25) is 0 Å². The van der Waals surface area contributed by atoms with Gasteiger partial charge >= 0.3 is 0 Å². The normalized spacial score (nSPS) is 22.3. The molecule has 1 aliphatic carbocycles. The molecule has 1 aliphatic rings. The molecule has 5 nitrogen and oxygen atoms in total. The van der Waals surface area contributed by atoms with Gasteiger partial charge in [0.15, 0.2) is 0 Å². The van der Waals surface area contributed by atoms with Crippen LogP contribution in [-0.2, 0) is 11.3 Å². The van der Waals surface area contributed by atoms with E-state index in [0.717, 1.165) is 24.1 Å². The molecule has 0 aromatic carbocycles. The highest BCUT2D eigenvalue weighted by molar-refractivity contribution is 7.16. The lowest BCUT2D eigenvalue weighted by Crippen LogP contribution is -2.43. The molecule has 3 rings (SSSR count). The van der Waals surface area contributed by atoms with Crippen LogP contribution in [0.15, 0.2) is 22.6 Å². The van der Waals surface area contributed by atoms with Gasteiger partial charge in [0.1, 0.15) is 11.4 Å². The first kappa shape index (κ1) is 14.3. The van der Waals surface area contributed by atoms with Crippen LogP contribution >= 0.6 is 11.3 Å². The van der Waals surface area contributed by atoms with Crippen LogP contribution in [0.5, 0.6) is 0 Å². The maximum atomic E-state index is 12.2. The standard InChI is InChI=1S/C15H19N3O2S/c1-10-4-2-3-5-12(10)17-13(19)8-18-9-16-14-11(15(18)20)6-7-21-14/h6-7,9-10,12H,2-5,8H2,1H3,(H,17,19)/t10-,12-/m1/s1. The number of carbonyl (C=O) groups excluding carboxylic acids is 1. The number of rotatable bonds is 3. The number of carbonyl (C=O) groups is 1. The Hall–Kier alpha value is -1.69. The summed E-state index contributed by atoms with van der Waals surface area (Å²) in [6.45, 7) is 2.22. The number of hydrogen-bond acceptors (Lipinski definition) is 4. The van der Waals surface area contributed by atoms with Crippen molar-refractivity contribution in [3.05, 3.63) is 28.1 Å². The number of fused-ring (bicyclic) bond motifs is 1. The van der Waals surface area contributed by atoms with Gasteiger partial charge in [0.2, 0.25) is 5.91 Å². The molecule has 6 heteroatoms. The van der Waals surface area contributed by atoms with Crippen LogP contribution in [0, 0.1) is 5.92 Å². The Morgan fingerprint density at radius 1 is 1.48 bits per heavy atom. The smallest absolute Gasteiger partial charge is 0.262 e. The zero-order valence-electron chi connectivity index (χ0n) is 12.0. The van der Waals surface area contributed by atoms with E-state index in [1.807, 2.05) is 5.38 Å². The highest BCUT2D eigenvalue weighted by atomic mass is 32.1. The molecule has 2 atom stereocenters. The Bertz CT molecular complexity index is 706. The van der Waals surface area contributed by atoms with Gasteiger partial charge in [0.05, 0.1) is 11.7 Å². The van der Waals surface area contributed by atoms with Gasteiger partial charge in [0.25, 0.3) is 5.56 Å². The third-order valence-electron chi connectivity index (χ3n) is 4.22. The SMILES string of the molecule is C[C@@H]1CCCC[C@H]1NC(=O)Cn1cnc2sccc2c1=O. The average Bonchev–Trinajstić information content (AvgIpc) is 2.94. The molecule has 0 bridgehead atoms. The van der Waals surface area contributed by atoms with Crippen molar-refractivity contribution in [1.82, 2.24) is 14.9 Å². The van der Waals surface area contributed by atoms with Crippen molar-refractivity contribution in [3.8, 4) is 0 Å². The van der Waals surface area contributed by atoms with Crippen LogP contribution in [0.3, 0.4) is 0 Å². The molecular formula is C15H19N3O2S. The quantitative estimate of drug-likeness (QED) is 0.945. The molecule has 0 saturated heterocycles. The largest absolute Gasteiger partial charge is 0.352 e. The first-order valence-corrected chi connectivity index (χ1v) is 8.25. The minimum absolute atomic E-state index is 0.0425. The molecule has 0 unspecified atom stereocenters. The highest BCUT2D eigenvalue weighted by Gasteiger charge is 2.22. The lowest BCUT2D eigenvalue weighted by molar-refractivity contribution is -0.123. The summed E-state index contributed by atoms with van der Waals surface area (Å²) in [7, 11) is 0. The van der Waals surface area contributed by atoms with E-state index in [2.05, 4.69) is 17.2 Å². The Balaban J connectivity index is 1.71. The molecule has 1 amide bonds. The van der Waals surface area contributed by atoms with Crippen molar-refractivity contribution >= 4 is 27.5 Å². The van der Waals surface area contributed by atoms with E-state index in [1.54, 1.807) is 6.07 Å². The topological polar surface area (TPSA) is 64.0 Å². The fourth-order valence-electron chi connectivity index (χ4n) is 2.94. The van der Waals surface area contributed by atoms with Gasteiger partial charge in [-0.25, -0.2) is 4.98 Å². The maximum absolute atomic E-state index is 12.2. The summed E-state index contributed by atoms with van der Waals surface area (Å²) < 4.78 is 1.39. The molecule has 21 heavy (non-hydrogen) atoms. The van der Waals surface area contributed by atoms with Gasteiger partial charge in [0, 0.05) is 6.04 Å². The first-order valence-electron chi connectivity index (χ1n) is 7.37. The van der Waals surface area contributed by atoms with Gasteiger partial charge in [-0.3, -0.25) is 14.2 Å². The van der Waals surface area contributed by atoms with E-state index in [1.165, 1.54) is 28.7 Å². The first-order chi connectivity index (χ1) is 10.1. The highest BCUT2D eigenvalue weighted by Crippen LogP contribution is 2.23. The summed E-state index contributed by atoms with van der Waals surface area (Å²) >= 11 is 1.43. The fourth-order valence-corrected chi connectivity index (χ4v) is 3.67. The van der Waals surface area contributed by atoms with E-state index in [0.29, 0.717) is 11.3 Å². The van der Waals surface area contributed by atoms with Crippen molar-refractivity contribution in [2.45, 2.75) is 45.2 Å². The molecule has 1 N–H and O–H groups in total. The Kier molecular flexibility index (Phi) is 4.05. The van der Waals surface area contributed by atoms with Crippen LogP contribution in [0.4, 0.5) is 0 Å². The van der Waals surface area contributed by atoms with Crippen molar-refractivity contribution in [2.24, 2.45) is 5.92 Å². The van der Waals surface area contributed by atoms with E-state index in [4.69, 9.17) is 0 Å². The molecule has 2 aromatic rings. The number of nitrogens with one attached hydrogen (secondary N) is 1. The molecule has 0 spiro atoms. The van der Waals surface area contributed by atoms with E-state index in [9.17, 15) is 9.59 Å². The van der Waals surface area contributed by atoms with Crippen LogP contribution in [-0.4, -0.2) is 21.5 Å². The van der Waals surface area contributed by atoms with E-state index < -0.39 is 0 Å². The monoisotopic (exact) mass is 305 g/mol. The molecular weight excluding hydrogens is 286 g/mol. The summed E-state index contributed by atoms with van der Waals surface area (Å²) in [6, 6.07) is 1.99. The van der Waals surface area contributed by atoms with E-state index >= 15 is 0 Å². The van der Waals surface area contributed by atoms with Gasteiger partial charge in [-0.05, 0) is 30.2 Å². The number of aromatic nitrogens is 2. The van der Waals surface area contributed by atoms with E-state index in [-0.39, 0.29) is 24.1 Å². The number of nitrogens with zero attached hydrogens (tertiary/aromatic N) is 2. The zero-order chi connectivity index (χ0) is 14.8. The number of thiophene rings is 1. The summed E-state index contributed by atoms with van der Waals surface area (Å²) in [5.74, 6) is 0.407. The number of amides is 1. The fraction of sp³-hybridized carbons (Fsp3) is 0.533. The maximum Gasteiger partial charge on any atom is 0.262 e. The minimum Gasteiger partial charge on any atom is -0.352 e. The Morgan fingerprint density at radius 3 is 3.10 bits per heavy atom. The molecule has 2 aromatic heterocycles. The molecule has 1 saturated carbocycles. The van der Waals surface area contributed by atoms with Crippen LogP contribution in [0.1, 0.15) is 32.6 Å². The second-order valence-electron chi connectivity index (χ2n) is 5.75. The van der Waals surface area contributed by atoms with Gasteiger partial charge in [-0.2, -0.15) is 0 Å². The lowest BCUT2D eigenvalue weighted by atomic mass is 9.86. The molecule has 0 radical (unpaired) electrons. The minimum atomic E-state index is -0.145. The molecule has 112 valence electrons. The second kappa shape index (κ2) is 5.97. The predicted molar refractivity (Wildman–Crippen MR) is 83.4 cm³/mol. The zero-order valence-corrected chi connectivity index (χ0v) is 12.9. The summed E-state index contributed by atoms with van der Waals surface area (Å²) in [4.78, 5) is 29.3. The Labute approximate surface area is 127 Å². The lowest BCUT2D eigenvalue weighted by Gasteiger charge is -2.29. The van der Waals surface area contributed by atoms with Crippen molar-refractivity contribution < 1.29 is 4.79 Å². The van der Waals surface area contributed by atoms with Crippen LogP contribution in [0.25, 0.3) is 10.2 Å². The Morgan fingerprint density at radius 2 is 2.29 bits per heavy atom. The average molecular weight is 305 g/mol. The van der Waals surface area contributed by atoms with Crippen molar-refractivity contribution in [3.63, 3.8) is 0 Å². The third kappa shape index (κ3) is 3.00.